The van der Waals surface area contributed by atoms with Crippen LogP contribution in [0.5, 0.6) is 11.5 Å². The highest BCUT2D eigenvalue weighted by Gasteiger charge is 2.11. The molecule has 0 aliphatic rings. The zero-order valence-electron chi connectivity index (χ0n) is 14.4. The third-order valence-electron chi connectivity index (χ3n) is 3.96. The van der Waals surface area contributed by atoms with Gasteiger partial charge in [0.2, 0.25) is 5.95 Å². The minimum absolute atomic E-state index is 0.298. The number of ether oxygens (including phenoxy) is 1. The number of hydrogen-bond donors (Lipinski definition) is 2. The van der Waals surface area contributed by atoms with Crippen LogP contribution in [0.25, 0.3) is 11.0 Å². The second-order valence-electron chi connectivity index (χ2n) is 5.98. The average molecular weight is 379 g/mol. The normalized spacial score (nSPS) is 10.7. The first-order valence-electron chi connectivity index (χ1n) is 8.24. The number of halogens is 1. The summed E-state index contributed by atoms with van der Waals surface area (Å²) in [6.45, 7) is 1.91. The van der Waals surface area contributed by atoms with Gasteiger partial charge in [-0.15, -0.1) is 0 Å². The molecule has 0 saturated carbocycles. The summed E-state index contributed by atoms with van der Waals surface area (Å²) in [5, 5.41) is 3.39. The minimum Gasteiger partial charge on any atom is -0.456 e. The molecule has 0 spiro atoms. The quantitative estimate of drug-likeness (QED) is 0.525. The van der Waals surface area contributed by atoms with Crippen molar-refractivity contribution in [1.29, 1.82) is 0 Å². The number of benzene rings is 2. The minimum atomic E-state index is -0.298. The second-order valence-corrected chi connectivity index (χ2v) is 6.38. The number of carbonyl (C=O) groups excluding carboxylic acids is 1. The van der Waals surface area contributed by atoms with Crippen LogP contribution in [0.3, 0.4) is 0 Å². The number of hydrogen-bond acceptors (Lipinski definition) is 4. The van der Waals surface area contributed by atoms with E-state index in [-0.39, 0.29) is 5.91 Å². The van der Waals surface area contributed by atoms with Crippen molar-refractivity contribution >= 4 is 34.5 Å². The predicted octanol–water partition coefficient (Wildman–Crippen LogP) is 4.96. The number of amides is 1. The highest BCUT2D eigenvalue weighted by Crippen LogP contribution is 2.24. The Balaban J connectivity index is 1.54. The fourth-order valence-electron chi connectivity index (χ4n) is 2.62. The predicted molar refractivity (Wildman–Crippen MR) is 105 cm³/mol. The summed E-state index contributed by atoms with van der Waals surface area (Å²) in [7, 11) is 0. The Morgan fingerprint density at radius 3 is 2.81 bits per heavy atom. The highest BCUT2D eigenvalue weighted by atomic mass is 35.5. The van der Waals surface area contributed by atoms with Gasteiger partial charge < -0.3 is 9.72 Å². The molecule has 0 aliphatic heterocycles. The van der Waals surface area contributed by atoms with E-state index >= 15 is 0 Å². The van der Waals surface area contributed by atoms with Gasteiger partial charge in [-0.25, -0.2) is 4.98 Å². The molecule has 2 aromatic carbocycles. The van der Waals surface area contributed by atoms with Crippen molar-refractivity contribution in [3.8, 4) is 11.5 Å². The Kier molecular flexibility index (Phi) is 4.48. The van der Waals surface area contributed by atoms with E-state index in [1.165, 1.54) is 0 Å². The largest absolute Gasteiger partial charge is 0.456 e. The van der Waals surface area contributed by atoms with Gasteiger partial charge >= 0.3 is 0 Å². The number of imidazole rings is 1. The number of H-pyrrole nitrogens is 1. The lowest BCUT2D eigenvalue weighted by molar-refractivity contribution is 0.102. The smallest absolute Gasteiger partial charge is 0.258 e. The maximum atomic E-state index is 12.6. The van der Waals surface area contributed by atoms with Crippen LogP contribution < -0.4 is 10.1 Å². The van der Waals surface area contributed by atoms with Gasteiger partial charge in [0.05, 0.1) is 17.2 Å². The molecule has 4 aromatic rings. The van der Waals surface area contributed by atoms with Crippen LogP contribution in [0.1, 0.15) is 15.9 Å². The molecule has 0 fully saturated rings. The number of aromatic nitrogens is 3. The zero-order valence-corrected chi connectivity index (χ0v) is 15.1. The molecule has 0 atom stereocenters. The number of aryl methyl sites for hydroxylation is 1. The van der Waals surface area contributed by atoms with E-state index in [2.05, 4.69) is 20.3 Å². The van der Waals surface area contributed by atoms with Gasteiger partial charge in [-0.05, 0) is 55.0 Å². The van der Waals surface area contributed by atoms with Gasteiger partial charge in [0, 0.05) is 16.8 Å². The van der Waals surface area contributed by atoms with Crippen LogP contribution in [-0.2, 0) is 0 Å². The Labute approximate surface area is 160 Å². The Morgan fingerprint density at radius 1 is 1.15 bits per heavy atom. The summed E-state index contributed by atoms with van der Waals surface area (Å²) in [6, 6.07) is 14.1. The van der Waals surface area contributed by atoms with Crippen molar-refractivity contribution in [1.82, 2.24) is 15.0 Å². The van der Waals surface area contributed by atoms with Crippen molar-refractivity contribution in [2.75, 3.05) is 5.32 Å². The van der Waals surface area contributed by atoms with Gasteiger partial charge in [0.1, 0.15) is 11.5 Å². The number of nitrogens with zero attached hydrogens (tertiary/aromatic N) is 2. The third-order valence-corrected chi connectivity index (χ3v) is 4.37. The number of rotatable bonds is 4. The first-order valence-corrected chi connectivity index (χ1v) is 8.61. The van der Waals surface area contributed by atoms with E-state index in [0.29, 0.717) is 33.6 Å². The van der Waals surface area contributed by atoms with Gasteiger partial charge in [0.25, 0.3) is 5.91 Å². The molecule has 4 rings (SSSR count). The molecule has 2 heterocycles. The maximum Gasteiger partial charge on any atom is 0.258 e. The first kappa shape index (κ1) is 17.1. The Morgan fingerprint density at radius 2 is 2.00 bits per heavy atom. The van der Waals surface area contributed by atoms with Crippen molar-refractivity contribution in [3.63, 3.8) is 0 Å². The molecule has 2 aromatic heterocycles. The Bertz CT molecular complexity index is 1090. The molecule has 0 aliphatic carbocycles. The van der Waals surface area contributed by atoms with Crippen LogP contribution in [-0.4, -0.2) is 20.9 Å². The molecule has 134 valence electrons. The summed E-state index contributed by atoms with van der Waals surface area (Å²) < 4.78 is 5.71. The molecule has 0 bridgehead atoms. The molecule has 7 heteroatoms. The van der Waals surface area contributed by atoms with Crippen LogP contribution in [0.4, 0.5) is 5.95 Å². The molecule has 6 nitrogen and oxygen atoms in total. The van der Waals surface area contributed by atoms with Gasteiger partial charge in [-0.1, -0.05) is 17.7 Å². The van der Waals surface area contributed by atoms with Gasteiger partial charge in [0.15, 0.2) is 0 Å². The third kappa shape index (κ3) is 3.75. The fourth-order valence-corrected chi connectivity index (χ4v) is 2.78. The molecule has 0 radical (unpaired) electrons. The van der Waals surface area contributed by atoms with Crippen molar-refractivity contribution in [3.05, 3.63) is 77.1 Å². The highest BCUT2D eigenvalue weighted by molar-refractivity contribution is 6.32. The number of carbonyl (C=O) groups is 1. The number of pyridine rings is 1. The second kappa shape index (κ2) is 7.09. The SMILES string of the molecule is Cc1cc2[nH]c(NC(=O)c3cccc(Oc4cccnc4)c3)nc2cc1Cl. The lowest BCUT2D eigenvalue weighted by Gasteiger charge is -2.07. The summed E-state index contributed by atoms with van der Waals surface area (Å²) in [4.78, 5) is 24.0. The van der Waals surface area contributed by atoms with Gasteiger partial charge in [-0.3, -0.25) is 15.1 Å². The molecule has 1 amide bonds. The topological polar surface area (TPSA) is 79.9 Å². The molecular formula is C20H15ClN4O2. The Hall–Kier alpha value is -3.38. The molecule has 27 heavy (non-hydrogen) atoms. The van der Waals surface area contributed by atoms with E-state index in [1.807, 2.05) is 13.0 Å². The summed E-state index contributed by atoms with van der Waals surface area (Å²) in [5.74, 6) is 1.20. The zero-order chi connectivity index (χ0) is 18.8. The first-order chi connectivity index (χ1) is 13.1. The van der Waals surface area contributed by atoms with Crippen molar-refractivity contribution in [2.24, 2.45) is 0 Å². The summed E-state index contributed by atoms with van der Waals surface area (Å²) in [5.41, 5.74) is 2.88. The summed E-state index contributed by atoms with van der Waals surface area (Å²) >= 11 is 6.12. The van der Waals surface area contributed by atoms with Crippen molar-refractivity contribution < 1.29 is 9.53 Å². The van der Waals surface area contributed by atoms with Crippen LogP contribution in [0.2, 0.25) is 5.02 Å². The van der Waals surface area contributed by atoms with E-state index in [0.717, 1.165) is 11.1 Å². The molecule has 0 unspecified atom stereocenters. The van der Waals surface area contributed by atoms with Crippen LogP contribution in [0, 0.1) is 6.92 Å². The van der Waals surface area contributed by atoms with Gasteiger partial charge in [-0.2, -0.15) is 0 Å². The van der Waals surface area contributed by atoms with Crippen LogP contribution >= 0.6 is 11.6 Å². The molecule has 0 saturated heterocycles. The van der Waals surface area contributed by atoms with Crippen LogP contribution in [0.15, 0.2) is 60.9 Å². The van der Waals surface area contributed by atoms with E-state index in [1.54, 1.807) is 54.9 Å². The lowest BCUT2D eigenvalue weighted by atomic mass is 10.2. The average Bonchev–Trinajstić information content (AvgIpc) is 3.04. The maximum absolute atomic E-state index is 12.6. The summed E-state index contributed by atoms with van der Waals surface area (Å²) in [6.07, 6.45) is 3.27. The molecular weight excluding hydrogens is 364 g/mol. The lowest BCUT2D eigenvalue weighted by Crippen LogP contribution is -2.12. The fraction of sp³-hybridized carbons (Fsp3) is 0.0500. The molecule has 2 N–H and O–H groups in total. The standard InChI is InChI=1S/C20H15ClN4O2/c1-12-8-17-18(10-16(12)21)24-20(23-17)25-19(26)13-4-2-5-14(9-13)27-15-6-3-7-22-11-15/h2-11H,1H3,(H2,23,24,25,26). The number of nitrogens with one attached hydrogen (secondary N) is 2. The number of fused-ring (bicyclic) bond motifs is 1. The number of aromatic amines is 1. The van der Waals surface area contributed by atoms with E-state index < -0.39 is 0 Å². The monoisotopic (exact) mass is 378 g/mol. The van der Waals surface area contributed by atoms with Crippen molar-refractivity contribution in [2.45, 2.75) is 6.92 Å². The number of anilines is 1. The van der Waals surface area contributed by atoms with E-state index in [9.17, 15) is 4.79 Å². The van der Waals surface area contributed by atoms with E-state index in [4.69, 9.17) is 16.3 Å².